The Kier molecular flexibility index (Phi) is 8.40. The summed E-state index contributed by atoms with van der Waals surface area (Å²) in [7, 11) is 0. The van der Waals surface area contributed by atoms with Crippen molar-refractivity contribution in [3.05, 3.63) is 59.2 Å². The number of ketones is 1. The molecule has 0 aliphatic rings. The molecule has 0 aliphatic carbocycles. The van der Waals surface area contributed by atoms with Gasteiger partial charge in [-0.15, -0.1) is 0 Å². The number of amides is 1. The van der Waals surface area contributed by atoms with Gasteiger partial charge in [0, 0.05) is 17.7 Å². The lowest BCUT2D eigenvalue weighted by Crippen LogP contribution is -2.21. The van der Waals surface area contributed by atoms with Crippen molar-refractivity contribution in [3.63, 3.8) is 0 Å². The number of benzene rings is 2. The van der Waals surface area contributed by atoms with E-state index >= 15 is 0 Å². The zero-order valence-corrected chi connectivity index (χ0v) is 17.1. The van der Waals surface area contributed by atoms with Crippen LogP contribution in [-0.4, -0.2) is 30.9 Å². The molecule has 29 heavy (non-hydrogen) atoms. The first-order valence-electron chi connectivity index (χ1n) is 9.67. The summed E-state index contributed by atoms with van der Waals surface area (Å²) in [5.41, 5.74) is 3.22. The molecule has 2 aromatic carbocycles. The normalized spacial score (nSPS) is 10.3. The molecule has 6 nitrogen and oxygen atoms in total. The molecule has 0 bridgehead atoms. The lowest BCUT2D eigenvalue weighted by atomic mass is 10.1. The van der Waals surface area contributed by atoms with Gasteiger partial charge in [-0.25, -0.2) is 0 Å². The van der Waals surface area contributed by atoms with Crippen molar-refractivity contribution < 1.29 is 23.9 Å². The maximum Gasteiger partial charge on any atom is 0.306 e. The van der Waals surface area contributed by atoms with E-state index in [0.29, 0.717) is 23.6 Å². The van der Waals surface area contributed by atoms with Gasteiger partial charge < -0.3 is 14.8 Å². The number of aryl methyl sites for hydroxylation is 2. The van der Waals surface area contributed by atoms with Gasteiger partial charge >= 0.3 is 5.97 Å². The molecular weight excluding hydrogens is 370 g/mol. The molecule has 0 aromatic heterocycles. The Bertz CT molecular complexity index is 838. The van der Waals surface area contributed by atoms with Crippen LogP contribution in [0.2, 0.25) is 0 Å². The highest BCUT2D eigenvalue weighted by Crippen LogP contribution is 2.15. The van der Waals surface area contributed by atoms with Crippen LogP contribution in [0.15, 0.2) is 42.5 Å². The number of hydrogen-bond acceptors (Lipinski definition) is 5. The van der Waals surface area contributed by atoms with E-state index in [0.717, 1.165) is 17.5 Å². The van der Waals surface area contributed by atoms with E-state index in [-0.39, 0.29) is 25.2 Å². The van der Waals surface area contributed by atoms with Crippen LogP contribution < -0.4 is 10.1 Å². The SMILES string of the molecule is CCCOc1ccc(C(=O)CCC(=O)OCC(=O)Nc2cc(C)cc(C)c2)cc1. The van der Waals surface area contributed by atoms with Crippen LogP contribution >= 0.6 is 0 Å². The molecule has 0 heterocycles. The van der Waals surface area contributed by atoms with E-state index in [1.807, 2.05) is 39.0 Å². The van der Waals surface area contributed by atoms with Gasteiger partial charge in [-0.3, -0.25) is 14.4 Å². The lowest BCUT2D eigenvalue weighted by Gasteiger charge is -2.08. The largest absolute Gasteiger partial charge is 0.494 e. The molecule has 1 N–H and O–H groups in total. The molecule has 0 saturated carbocycles. The van der Waals surface area contributed by atoms with Gasteiger partial charge in [0.2, 0.25) is 0 Å². The van der Waals surface area contributed by atoms with E-state index < -0.39 is 11.9 Å². The van der Waals surface area contributed by atoms with Crippen molar-refractivity contribution in [2.75, 3.05) is 18.5 Å². The molecule has 1 amide bonds. The maximum absolute atomic E-state index is 12.2. The predicted octanol–water partition coefficient (Wildman–Crippen LogP) is 4.24. The molecule has 0 spiro atoms. The zero-order valence-electron chi connectivity index (χ0n) is 17.1. The fraction of sp³-hybridized carbons (Fsp3) is 0.348. The molecule has 0 aliphatic heterocycles. The van der Waals surface area contributed by atoms with Crippen LogP contribution in [-0.2, 0) is 14.3 Å². The number of nitrogens with one attached hydrogen (secondary N) is 1. The third kappa shape index (κ3) is 7.78. The first-order valence-corrected chi connectivity index (χ1v) is 9.67. The summed E-state index contributed by atoms with van der Waals surface area (Å²) >= 11 is 0. The van der Waals surface area contributed by atoms with Gasteiger partial charge in [0.1, 0.15) is 5.75 Å². The molecule has 2 aromatic rings. The van der Waals surface area contributed by atoms with Crippen molar-refractivity contribution >= 4 is 23.3 Å². The van der Waals surface area contributed by atoms with Crippen molar-refractivity contribution in [3.8, 4) is 5.75 Å². The first kappa shape index (κ1) is 22.1. The Morgan fingerprint density at radius 1 is 0.931 bits per heavy atom. The summed E-state index contributed by atoms with van der Waals surface area (Å²) in [6.45, 7) is 6.13. The van der Waals surface area contributed by atoms with Crippen LogP contribution in [0.1, 0.15) is 47.7 Å². The monoisotopic (exact) mass is 397 g/mol. The molecule has 0 radical (unpaired) electrons. The number of carbonyl (C=O) groups is 3. The highest BCUT2D eigenvalue weighted by atomic mass is 16.5. The maximum atomic E-state index is 12.2. The average molecular weight is 397 g/mol. The van der Waals surface area contributed by atoms with Crippen LogP contribution in [0.4, 0.5) is 5.69 Å². The average Bonchev–Trinajstić information content (AvgIpc) is 2.68. The summed E-state index contributed by atoms with van der Waals surface area (Å²) in [6, 6.07) is 12.5. The summed E-state index contributed by atoms with van der Waals surface area (Å²) < 4.78 is 10.4. The third-order valence-corrected chi connectivity index (χ3v) is 4.08. The van der Waals surface area contributed by atoms with E-state index in [4.69, 9.17) is 9.47 Å². The van der Waals surface area contributed by atoms with Crippen molar-refractivity contribution in [2.45, 2.75) is 40.0 Å². The first-order chi connectivity index (χ1) is 13.9. The molecule has 0 atom stereocenters. The van der Waals surface area contributed by atoms with Gasteiger partial charge in [-0.2, -0.15) is 0 Å². The molecule has 154 valence electrons. The van der Waals surface area contributed by atoms with E-state index in [9.17, 15) is 14.4 Å². The number of ether oxygens (including phenoxy) is 2. The van der Waals surface area contributed by atoms with Crippen molar-refractivity contribution in [1.29, 1.82) is 0 Å². The lowest BCUT2D eigenvalue weighted by molar-refractivity contribution is -0.147. The number of anilines is 1. The van der Waals surface area contributed by atoms with E-state index in [2.05, 4.69) is 5.32 Å². The second kappa shape index (κ2) is 11.0. The summed E-state index contributed by atoms with van der Waals surface area (Å²) in [5.74, 6) is -0.463. The van der Waals surface area contributed by atoms with Crippen LogP contribution in [0.25, 0.3) is 0 Å². The minimum atomic E-state index is -0.586. The molecule has 0 saturated heterocycles. The van der Waals surface area contributed by atoms with Gasteiger partial charge in [-0.1, -0.05) is 13.0 Å². The zero-order chi connectivity index (χ0) is 21.2. The molecule has 0 fully saturated rings. The number of rotatable bonds is 10. The molecule has 2 rings (SSSR count). The van der Waals surface area contributed by atoms with E-state index in [1.165, 1.54) is 0 Å². The van der Waals surface area contributed by atoms with Gasteiger partial charge in [0.05, 0.1) is 13.0 Å². The molecular formula is C23H27NO5. The Morgan fingerprint density at radius 3 is 2.21 bits per heavy atom. The quantitative estimate of drug-likeness (QED) is 0.479. The second-order valence-electron chi connectivity index (χ2n) is 6.88. The minimum absolute atomic E-state index is 0.0205. The highest BCUT2D eigenvalue weighted by molar-refractivity contribution is 5.98. The summed E-state index contributed by atoms with van der Waals surface area (Å²) in [5, 5.41) is 2.69. The summed E-state index contributed by atoms with van der Waals surface area (Å²) in [4.78, 5) is 36.0. The van der Waals surface area contributed by atoms with Gasteiger partial charge in [0.15, 0.2) is 12.4 Å². The standard InChI is InChI=1S/C23H27NO5/c1-4-11-28-20-7-5-18(6-8-20)21(25)9-10-23(27)29-15-22(26)24-19-13-16(2)12-17(3)14-19/h5-8,12-14H,4,9-11,15H2,1-3H3,(H,24,26). The number of hydrogen-bond donors (Lipinski definition) is 1. The Hall–Kier alpha value is -3.15. The number of carbonyl (C=O) groups excluding carboxylic acids is 3. The Labute approximate surface area is 171 Å². The fourth-order valence-corrected chi connectivity index (χ4v) is 2.78. The topological polar surface area (TPSA) is 81.7 Å². The summed E-state index contributed by atoms with van der Waals surface area (Å²) in [6.07, 6.45) is 0.849. The van der Waals surface area contributed by atoms with Crippen molar-refractivity contribution in [1.82, 2.24) is 0 Å². The Balaban J connectivity index is 1.73. The molecule has 6 heteroatoms. The van der Waals surface area contributed by atoms with Crippen LogP contribution in [0, 0.1) is 13.8 Å². The third-order valence-electron chi connectivity index (χ3n) is 4.08. The van der Waals surface area contributed by atoms with E-state index in [1.54, 1.807) is 24.3 Å². The number of Topliss-reactive ketones (excluding diaryl/α,β-unsaturated/α-hetero) is 1. The van der Waals surface area contributed by atoms with Crippen LogP contribution in [0.3, 0.4) is 0 Å². The van der Waals surface area contributed by atoms with Gasteiger partial charge in [0.25, 0.3) is 5.91 Å². The fourth-order valence-electron chi connectivity index (χ4n) is 2.78. The van der Waals surface area contributed by atoms with Crippen LogP contribution in [0.5, 0.6) is 5.75 Å². The van der Waals surface area contributed by atoms with Crippen molar-refractivity contribution in [2.24, 2.45) is 0 Å². The smallest absolute Gasteiger partial charge is 0.306 e. The highest BCUT2D eigenvalue weighted by Gasteiger charge is 2.12. The molecule has 0 unspecified atom stereocenters. The Morgan fingerprint density at radius 2 is 1.59 bits per heavy atom. The second-order valence-corrected chi connectivity index (χ2v) is 6.88. The number of esters is 1. The minimum Gasteiger partial charge on any atom is -0.494 e. The predicted molar refractivity (Wildman–Crippen MR) is 111 cm³/mol. The van der Waals surface area contributed by atoms with Gasteiger partial charge in [-0.05, 0) is 67.8 Å².